The molecule has 0 atom stereocenters. The van der Waals surface area contributed by atoms with Crippen LogP contribution in [0.1, 0.15) is 0 Å². The third-order valence-electron chi connectivity index (χ3n) is 1.86. The number of imidazole rings is 1. The first-order valence-electron chi connectivity index (χ1n) is 4.04. The summed E-state index contributed by atoms with van der Waals surface area (Å²) in [7, 11) is 1.61. The van der Waals surface area contributed by atoms with Crippen LogP contribution in [0.25, 0.3) is 11.3 Å². The molecule has 1 aromatic carbocycles. The molecule has 66 valence electrons. The van der Waals surface area contributed by atoms with E-state index in [1.165, 1.54) is 0 Å². The second kappa shape index (κ2) is 3.31. The summed E-state index contributed by atoms with van der Waals surface area (Å²) in [6.45, 7) is 0. The molecule has 0 aliphatic carbocycles. The zero-order valence-corrected chi connectivity index (χ0v) is 7.32. The Bertz CT molecular complexity index is 381. The van der Waals surface area contributed by atoms with Gasteiger partial charge in [0.1, 0.15) is 5.69 Å². The Hall–Kier alpha value is -1.77. The van der Waals surface area contributed by atoms with Crippen molar-refractivity contribution >= 4 is 0 Å². The van der Waals surface area contributed by atoms with Crippen molar-refractivity contribution in [2.24, 2.45) is 0 Å². The highest BCUT2D eigenvalue weighted by molar-refractivity contribution is 5.63. The van der Waals surface area contributed by atoms with E-state index in [4.69, 9.17) is 4.74 Å². The Morgan fingerprint density at radius 1 is 1.23 bits per heavy atom. The Morgan fingerprint density at radius 3 is 2.69 bits per heavy atom. The van der Waals surface area contributed by atoms with Gasteiger partial charge in [0.2, 0.25) is 5.88 Å². The molecule has 1 aromatic heterocycles. The summed E-state index contributed by atoms with van der Waals surface area (Å²) in [5.41, 5.74) is 2.00. The van der Waals surface area contributed by atoms with Crippen LogP contribution in [0.15, 0.2) is 36.7 Å². The van der Waals surface area contributed by atoms with Gasteiger partial charge in [-0.3, -0.25) is 0 Å². The predicted molar refractivity (Wildman–Crippen MR) is 50.6 cm³/mol. The van der Waals surface area contributed by atoms with Crippen LogP contribution < -0.4 is 4.74 Å². The third-order valence-corrected chi connectivity index (χ3v) is 1.86. The molecule has 0 aliphatic heterocycles. The molecular formula is C10H10N2O. The van der Waals surface area contributed by atoms with Crippen LogP contribution in [-0.4, -0.2) is 17.1 Å². The molecule has 0 saturated heterocycles. The standard InChI is InChI=1S/C10H10N2O/c1-13-10-9(11-7-12-10)8-5-3-2-4-6-8/h2-7H,1H3,(H,11,12). The zero-order chi connectivity index (χ0) is 9.10. The molecule has 3 nitrogen and oxygen atoms in total. The minimum Gasteiger partial charge on any atom is -0.479 e. The topological polar surface area (TPSA) is 37.9 Å². The lowest BCUT2D eigenvalue weighted by molar-refractivity contribution is 0.402. The van der Waals surface area contributed by atoms with Crippen molar-refractivity contribution in [1.82, 2.24) is 9.97 Å². The Kier molecular flexibility index (Phi) is 2.00. The van der Waals surface area contributed by atoms with Gasteiger partial charge in [0.15, 0.2) is 0 Å². The lowest BCUT2D eigenvalue weighted by atomic mass is 10.2. The fourth-order valence-corrected chi connectivity index (χ4v) is 1.25. The van der Waals surface area contributed by atoms with Crippen LogP contribution in [0.4, 0.5) is 0 Å². The number of rotatable bonds is 2. The number of hydrogen-bond donors (Lipinski definition) is 1. The van der Waals surface area contributed by atoms with Gasteiger partial charge in [0.05, 0.1) is 13.4 Å². The summed E-state index contributed by atoms with van der Waals surface area (Å²) in [4.78, 5) is 7.07. The minimum atomic E-state index is 0.631. The summed E-state index contributed by atoms with van der Waals surface area (Å²) in [6, 6.07) is 9.96. The van der Waals surface area contributed by atoms with Gasteiger partial charge in [0.25, 0.3) is 0 Å². The zero-order valence-electron chi connectivity index (χ0n) is 7.32. The predicted octanol–water partition coefficient (Wildman–Crippen LogP) is 2.09. The molecule has 2 aromatic rings. The first-order chi connectivity index (χ1) is 6.42. The molecule has 0 unspecified atom stereocenters. The van der Waals surface area contributed by atoms with Crippen LogP contribution in [-0.2, 0) is 0 Å². The van der Waals surface area contributed by atoms with Crippen molar-refractivity contribution in [3.05, 3.63) is 36.7 Å². The lowest BCUT2D eigenvalue weighted by Crippen LogP contribution is -1.85. The van der Waals surface area contributed by atoms with Crippen LogP contribution in [0, 0.1) is 0 Å². The Balaban J connectivity index is 2.47. The molecule has 0 amide bonds. The maximum atomic E-state index is 5.10. The summed E-state index contributed by atoms with van der Waals surface area (Å²) in [6.07, 6.45) is 1.63. The van der Waals surface area contributed by atoms with Gasteiger partial charge in [-0.1, -0.05) is 30.3 Å². The van der Waals surface area contributed by atoms with E-state index in [0.29, 0.717) is 5.88 Å². The van der Waals surface area contributed by atoms with Gasteiger partial charge < -0.3 is 9.72 Å². The third kappa shape index (κ3) is 1.40. The largest absolute Gasteiger partial charge is 0.479 e. The molecule has 1 N–H and O–H groups in total. The molecule has 3 heteroatoms. The molecule has 0 saturated carbocycles. The smallest absolute Gasteiger partial charge is 0.239 e. The number of hydrogen-bond acceptors (Lipinski definition) is 2. The second-order valence-electron chi connectivity index (χ2n) is 2.65. The summed E-state index contributed by atoms with van der Waals surface area (Å²) in [5, 5.41) is 0. The highest BCUT2D eigenvalue weighted by Gasteiger charge is 2.06. The first kappa shape index (κ1) is 7.86. The van der Waals surface area contributed by atoms with E-state index in [-0.39, 0.29) is 0 Å². The Morgan fingerprint density at radius 2 is 2.00 bits per heavy atom. The number of ether oxygens (including phenoxy) is 1. The number of nitrogens with zero attached hydrogens (tertiary/aromatic N) is 1. The minimum absolute atomic E-state index is 0.631. The highest BCUT2D eigenvalue weighted by atomic mass is 16.5. The number of aromatic amines is 1. The van der Waals surface area contributed by atoms with Crippen molar-refractivity contribution in [3.63, 3.8) is 0 Å². The lowest BCUT2D eigenvalue weighted by Gasteiger charge is -1.99. The number of benzene rings is 1. The molecule has 0 fully saturated rings. The fourth-order valence-electron chi connectivity index (χ4n) is 1.25. The number of methoxy groups -OCH3 is 1. The van der Waals surface area contributed by atoms with Gasteiger partial charge in [-0.15, -0.1) is 0 Å². The van der Waals surface area contributed by atoms with Crippen LogP contribution in [0.2, 0.25) is 0 Å². The van der Waals surface area contributed by atoms with Crippen molar-refractivity contribution < 1.29 is 4.74 Å². The number of aromatic nitrogens is 2. The van der Waals surface area contributed by atoms with E-state index >= 15 is 0 Å². The van der Waals surface area contributed by atoms with E-state index in [1.807, 2.05) is 30.3 Å². The molecule has 2 rings (SSSR count). The van der Waals surface area contributed by atoms with Crippen molar-refractivity contribution in [2.45, 2.75) is 0 Å². The van der Waals surface area contributed by atoms with Gasteiger partial charge in [0, 0.05) is 5.56 Å². The van der Waals surface area contributed by atoms with Crippen LogP contribution >= 0.6 is 0 Å². The van der Waals surface area contributed by atoms with E-state index < -0.39 is 0 Å². The quantitative estimate of drug-likeness (QED) is 0.756. The maximum absolute atomic E-state index is 5.10. The fraction of sp³-hybridized carbons (Fsp3) is 0.100. The van der Waals surface area contributed by atoms with Gasteiger partial charge >= 0.3 is 0 Å². The van der Waals surface area contributed by atoms with E-state index in [0.717, 1.165) is 11.3 Å². The first-order valence-corrected chi connectivity index (χ1v) is 4.04. The van der Waals surface area contributed by atoms with Gasteiger partial charge in [-0.25, -0.2) is 4.98 Å². The molecule has 0 bridgehead atoms. The van der Waals surface area contributed by atoms with Crippen molar-refractivity contribution in [2.75, 3.05) is 7.11 Å². The molecule has 0 aliphatic rings. The molecule has 13 heavy (non-hydrogen) atoms. The van der Waals surface area contributed by atoms with E-state index in [9.17, 15) is 0 Å². The monoisotopic (exact) mass is 174 g/mol. The molecule has 1 heterocycles. The van der Waals surface area contributed by atoms with E-state index in [1.54, 1.807) is 13.4 Å². The summed E-state index contributed by atoms with van der Waals surface area (Å²) in [5.74, 6) is 0.631. The molecule has 0 spiro atoms. The summed E-state index contributed by atoms with van der Waals surface area (Å²) < 4.78 is 5.10. The average Bonchev–Trinajstić information content (AvgIpc) is 2.67. The van der Waals surface area contributed by atoms with Gasteiger partial charge in [-0.2, -0.15) is 0 Å². The highest BCUT2D eigenvalue weighted by Crippen LogP contribution is 2.24. The second-order valence-corrected chi connectivity index (χ2v) is 2.65. The van der Waals surface area contributed by atoms with Crippen LogP contribution in [0.5, 0.6) is 5.88 Å². The molecular weight excluding hydrogens is 164 g/mol. The summed E-state index contributed by atoms with van der Waals surface area (Å²) >= 11 is 0. The van der Waals surface area contributed by atoms with Crippen LogP contribution in [0.3, 0.4) is 0 Å². The number of H-pyrrole nitrogens is 1. The van der Waals surface area contributed by atoms with Crippen molar-refractivity contribution in [1.29, 1.82) is 0 Å². The SMILES string of the molecule is COc1nc[nH]c1-c1ccccc1. The number of nitrogens with one attached hydrogen (secondary N) is 1. The Labute approximate surface area is 76.4 Å². The van der Waals surface area contributed by atoms with E-state index in [2.05, 4.69) is 9.97 Å². The molecule has 0 radical (unpaired) electrons. The average molecular weight is 174 g/mol. The normalized spacial score (nSPS) is 9.92. The maximum Gasteiger partial charge on any atom is 0.239 e. The van der Waals surface area contributed by atoms with Gasteiger partial charge in [-0.05, 0) is 0 Å². The van der Waals surface area contributed by atoms with Crippen molar-refractivity contribution in [3.8, 4) is 17.1 Å².